The normalized spacial score (nSPS) is 18.8. The zero-order valence-electron chi connectivity index (χ0n) is 12.7. The van der Waals surface area contributed by atoms with Gasteiger partial charge in [-0.1, -0.05) is 85.0 Å². The van der Waals surface area contributed by atoms with Crippen LogP contribution < -0.4 is 0 Å². The summed E-state index contributed by atoms with van der Waals surface area (Å²) in [4.78, 5) is 0. The predicted molar refractivity (Wildman–Crippen MR) is 99.6 cm³/mol. The summed E-state index contributed by atoms with van der Waals surface area (Å²) in [6.45, 7) is 0. The predicted octanol–water partition coefficient (Wildman–Crippen LogP) is 5.80. The molecule has 0 fully saturated rings. The van der Waals surface area contributed by atoms with Gasteiger partial charge in [-0.05, 0) is 28.4 Å². The van der Waals surface area contributed by atoms with Gasteiger partial charge in [0.05, 0.1) is 0 Å². The molecule has 0 aromatic heterocycles. The van der Waals surface area contributed by atoms with Crippen LogP contribution in [-0.2, 0) is 0 Å². The first-order valence-corrected chi connectivity index (χ1v) is 8.87. The monoisotopic (exact) mass is 304 g/mol. The van der Waals surface area contributed by atoms with E-state index in [0.717, 1.165) is 0 Å². The van der Waals surface area contributed by atoms with Crippen molar-refractivity contribution in [2.45, 2.75) is 0 Å². The molecule has 0 radical (unpaired) electrons. The molecule has 0 bridgehead atoms. The fourth-order valence-electron chi connectivity index (χ4n) is 2.85. The van der Waals surface area contributed by atoms with Crippen LogP contribution in [-0.4, -0.2) is 6.26 Å². The van der Waals surface area contributed by atoms with Crippen molar-refractivity contribution in [2.75, 3.05) is 6.26 Å². The molecule has 1 aromatic rings. The highest BCUT2D eigenvalue weighted by Crippen LogP contribution is 2.35. The van der Waals surface area contributed by atoms with Gasteiger partial charge in [-0.3, -0.25) is 0 Å². The summed E-state index contributed by atoms with van der Waals surface area (Å²) in [6, 6.07) is 10.6. The van der Waals surface area contributed by atoms with Crippen molar-refractivity contribution in [3.63, 3.8) is 0 Å². The lowest BCUT2D eigenvalue weighted by Gasteiger charge is -2.20. The Morgan fingerprint density at radius 1 is 0.818 bits per heavy atom. The highest BCUT2D eigenvalue weighted by Gasteiger charge is 2.20. The van der Waals surface area contributed by atoms with Crippen LogP contribution in [0.25, 0.3) is 6.08 Å². The number of hydrogen-bond acceptors (Lipinski definition) is 1. The van der Waals surface area contributed by atoms with Crippen LogP contribution in [0.1, 0.15) is 5.56 Å². The van der Waals surface area contributed by atoms with Crippen molar-refractivity contribution in [2.24, 2.45) is 11.8 Å². The van der Waals surface area contributed by atoms with E-state index in [1.165, 1.54) is 16.7 Å². The van der Waals surface area contributed by atoms with E-state index in [2.05, 4.69) is 96.7 Å². The van der Waals surface area contributed by atoms with E-state index in [-0.39, 0.29) is 0 Å². The quantitative estimate of drug-likeness (QED) is 0.619. The van der Waals surface area contributed by atoms with E-state index >= 15 is 0 Å². The van der Waals surface area contributed by atoms with Crippen LogP contribution in [0.3, 0.4) is 0 Å². The molecule has 1 aromatic carbocycles. The molecule has 0 N–H and O–H groups in total. The first-order valence-electron chi connectivity index (χ1n) is 7.58. The topological polar surface area (TPSA) is 0 Å². The molecular formula is C21H20S. The van der Waals surface area contributed by atoms with Gasteiger partial charge in [0.2, 0.25) is 0 Å². The van der Waals surface area contributed by atoms with Crippen molar-refractivity contribution in [3.8, 4) is 0 Å². The van der Waals surface area contributed by atoms with E-state index in [9.17, 15) is 0 Å². The summed E-state index contributed by atoms with van der Waals surface area (Å²) >= 11 is 1.78. The second-order valence-electron chi connectivity index (χ2n) is 5.41. The lowest BCUT2D eigenvalue weighted by molar-refractivity contribution is 0.913. The third kappa shape index (κ3) is 3.42. The summed E-state index contributed by atoms with van der Waals surface area (Å²) in [6.07, 6.45) is 22.1. The molecular weight excluding hydrogens is 284 g/mol. The second-order valence-corrected chi connectivity index (χ2v) is 6.12. The molecule has 2 aliphatic carbocycles. The first-order chi connectivity index (χ1) is 10.9. The van der Waals surface area contributed by atoms with Crippen LogP contribution in [0.4, 0.5) is 0 Å². The fraction of sp³-hybridized carbons (Fsp3) is 0.143. The van der Waals surface area contributed by atoms with Crippen molar-refractivity contribution in [3.05, 3.63) is 101 Å². The van der Waals surface area contributed by atoms with Crippen LogP contribution in [0.5, 0.6) is 0 Å². The zero-order valence-corrected chi connectivity index (χ0v) is 13.5. The molecule has 0 heterocycles. The molecule has 0 spiro atoms. The van der Waals surface area contributed by atoms with Gasteiger partial charge in [0.25, 0.3) is 0 Å². The maximum atomic E-state index is 2.33. The van der Waals surface area contributed by atoms with Gasteiger partial charge < -0.3 is 0 Å². The zero-order chi connectivity index (χ0) is 15.2. The summed E-state index contributed by atoms with van der Waals surface area (Å²) in [7, 11) is 0. The van der Waals surface area contributed by atoms with Crippen molar-refractivity contribution < 1.29 is 0 Å². The Kier molecular flexibility index (Phi) is 4.97. The van der Waals surface area contributed by atoms with Gasteiger partial charge in [-0.25, -0.2) is 0 Å². The molecule has 0 unspecified atom stereocenters. The highest BCUT2D eigenvalue weighted by molar-refractivity contribution is 8.01. The van der Waals surface area contributed by atoms with Gasteiger partial charge in [0, 0.05) is 11.8 Å². The number of allylic oxidation sites excluding steroid dienone is 10. The molecule has 1 heteroatoms. The standard InChI is InChI=1S/C21H20S/c1-22-16-21(19-13-7-8-14-19)20(18-11-5-6-12-18)15-17-9-3-2-4-10-17/h2-16,18-19H,1H3/b20-15-,21-16-. The van der Waals surface area contributed by atoms with Gasteiger partial charge in [-0.2, -0.15) is 0 Å². The Hall–Kier alpha value is -1.99. The molecule has 3 rings (SSSR count). The van der Waals surface area contributed by atoms with Crippen molar-refractivity contribution in [1.29, 1.82) is 0 Å². The van der Waals surface area contributed by atoms with Crippen LogP contribution in [0.2, 0.25) is 0 Å². The molecule has 0 atom stereocenters. The number of hydrogen-bond donors (Lipinski definition) is 0. The first kappa shape index (κ1) is 14.9. The Labute approximate surface area is 137 Å². The maximum absolute atomic E-state index is 2.33. The van der Waals surface area contributed by atoms with Gasteiger partial charge in [-0.15, -0.1) is 11.8 Å². The average molecular weight is 304 g/mol. The minimum atomic E-state index is 0.362. The van der Waals surface area contributed by atoms with E-state index in [4.69, 9.17) is 0 Å². The van der Waals surface area contributed by atoms with Gasteiger partial charge >= 0.3 is 0 Å². The van der Waals surface area contributed by atoms with E-state index in [1.807, 2.05) is 0 Å². The molecule has 110 valence electrons. The smallest absolute Gasteiger partial charge is 0.0213 e. The molecule has 0 nitrogen and oxygen atoms in total. The summed E-state index contributed by atoms with van der Waals surface area (Å²) < 4.78 is 0. The molecule has 0 saturated carbocycles. The number of benzene rings is 1. The summed E-state index contributed by atoms with van der Waals surface area (Å²) in [5, 5.41) is 2.29. The fourth-order valence-corrected chi connectivity index (χ4v) is 3.39. The largest absolute Gasteiger partial charge is 0.137 e. The third-order valence-electron chi connectivity index (χ3n) is 3.91. The van der Waals surface area contributed by atoms with E-state index in [1.54, 1.807) is 11.8 Å². The van der Waals surface area contributed by atoms with E-state index < -0.39 is 0 Å². The second kappa shape index (κ2) is 7.33. The molecule has 0 saturated heterocycles. The van der Waals surface area contributed by atoms with Gasteiger partial charge in [0.1, 0.15) is 0 Å². The Morgan fingerprint density at radius 2 is 1.36 bits per heavy atom. The lowest BCUT2D eigenvalue weighted by atomic mass is 9.85. The molecule has 22 heavy (non-hydrogen) atoms. The van der Waals surface area contributed by atoms with E-state index in [0.29, 0.717) is 11.8 Å². The third-order valence-corrected chi connectivity index (χ3v) is 4.40. The lowest BCUT2D eigenvalue weighted by Crippen LogP contribution is -2.06. The summed E-state index contributed by atoms with van der Waals surface area (Å²) in [5.41, 5.74) is 4.03. The number of thioether (sulfide) groups is 1. The minimum absolute atomic E-state index is 0.362. The van der Waals surface area contributed by atoms with Crippen molar-refractivity contribution >= 4 is 17.8 Å². The minimum Gasteiger partial charge on any atom is -0.137 e. The van der Waals surface area contributed by atoms with Crippen LogP contribution in [0, 0.1) is 11.8 Å². The molecule has 2 aliphatic rings. The molecule has 0 amide bonds. The van der Waals surface area contributed by atoms with Crippen LogP contribution in [0.15, 0.2) is 95.5 Å². The van der Waals surface area contributed by atoms with Crippen LogP contribution >= 0.6 is 11.8 Å². The Balaban J connectivity index is 2.03. The number of rotatable bonds is 5. The van der Waals surface area contributed by atoms with Crippen molar-refractivity contribution in [1.82, 2.24) is 0 Å². The SMILES string of the molecule is CS/C=C(\C(=C/c1ccccc1)C1C=CC=C1)C1C=CC=C1. The summed E-state index contributed by atoms with van der Waals surface area (Å²) in [5.74, 6) is 0.741. The Bertz CT molecular complexity index is 660. The average Bonchev–Trinajstić information content (AvgIpc) is 3.24. The maximum Gasteiger partial charge on any atom is 0.0213 e. The molecule has 0 aliphatic heterocycles. The van der Waals surface area contributed by atoms with Gasteiger partial charge in [0.15, 0.2) is 0 Å². The highest BCUT2D eigenvalue weighted by atomic mass is 32.2. The Morgan fingerprint density at radius 3 is 1.91 bits per heavy atom.